The molecule has 0 radical (unpaired) electrons. The van der Waals surface area contributed by atoms with Crippen LogP contribution in [0, 0.1) is 0 Å². The summed E-state index contributed by atoms with van der Waals surface area (Å²) in [4.78, 5) is 12.6. The Hall–Kier alpha value is -2.29. The van der Waals surface area contributed by atoms with E-state index < -0.39 is 0 Å². The van der Waals surface area contributed by atoms with Crippen LogP contribution in [0.2, 0.25) is 0 Å². The van der Waals surface area contributed by atoms with E-state index in [2.05, 4.69) is 34.9 Å². The zero-order valence-corrected chi connectivity index (χ0v) is 13.4. The lowest BCUT2D eigenvalue weighted by molar-refractivity contribution is -0.129. The third kappa shape index (κ3) is 3.55. The number of benzene rings is 2. The van der Waals surface area contributed by atoms with Crippen LogP contribution in [0.5, 0.6) is 0 Å². The van der Waals surface area contributed by atoms with Crippen molar-refractivity contribution in [2.24, 2.45) is 0 Å². The third-order valence-electron chi connectivity index (χ3n) is 4.71. The van der Waals surface area contributed by atoms with Crippen LogP contribution in [0.3, 0.4) is 0 Å². The summed E-state index contributed by atoms with van der Waals surface area (Å²) in [6, 6.07) is 20.4. The molecule has 1 amide bonds. The largest absolute Gasteiger partial charge is 0.385 e. The van der Waals surface area contributed by atoms with Gasteiger partial charge >= 0.3 is 0 Å². The van der Waals surface area contributed by atoms with E-state index in [9.17, 15) is 4.79 Å². The van der Waals surface area contributed by atoms with E-state index in [1.807, 2.05) is 36.4 Å². The summed E-state index contributed by atoms with van der Waals surface area (Å²) < 4.78 is 0. The van der Waals surface area contributed by atoms with E-state index in [4.69, 9.17) is 0 Å². The average molecular weight is 308 g/mol. The highest BCUT2D eigenvalue weighted by molar-refractivity contribution is 5.89. The van der Waals surface area contributed by atoms with Gasteiger partial charge in [0, 0.05) is 18.8 Å². The zero-order chi connectivity index (χ0) is 16.0. The average Bonchev–Trinajstić information content (AvgIpc) is 2.55. The maximum atomic E-state index is 12.6. The summed E-state index contributed by atoms with van der Waals surface area (Å²) in [5, 5.41) is 6.50. The molecule has 3 rings (SSSR count). The number of nitrogens with one attached hydrogen (secondary N) is 2. The molecule has 2 aromatic rings. The Balaban J connectivity index is 1.46. The number of anilines is 1. The SMILES string of the molecule is O=C(NCCCNc1ccccc1)C1(c2ccccc2)CCC1. The number of hydrogen-bond donors (Lipinski definition) is 2. The quantitative estimate of drug-likeness (QED) is 0.765. The molecule has 0 unspecified atom stereocenters. The Morgan fingerprint density at radius 2 is 1.57 bits per heavy atom. The van der Waals surface area contributed by atoms with E-state index in [1.165, 1.54) is 0 Å². The number of rotatable bonds is 7. The summed E-state index contributed by atoms with van der Waals surface area (Å²) in [6.45, 7) is 1.58. The Kier molecular flexibility index (Phi) is 4.96. The number of hydrogen-bond acceptors (Lipinski definition) is 2. The lowest BCUT2D eigenvalue weighted by Crippen LogP contribution is -2.49. The van der Waals surface area contributed by atoms with Crippen LogP contribution in [0.25, 0.3) is 0 Å². The molecule has 0 aliphatic heterocycles. The Morgan fingerprint density at radius 1 is 0.913 bits per heavy atom. The monoisotopic (exact) mass is 308 g/mol. The van der Waals surface area contributed by atoms with Gasteiger partial charge in [0.15, 0.2) is 0 Å². The molecule has 0 saturated heterocycles. The van der Waals surface area contributed by atoms with Crippen molar-refractivity contribution < 1.29 is 4.79 Å². The summed E-state index contributed by atoms with van der Waals surface area (Å²) in [5.41, 5.74) is 2.00. The van der Waals surface area contributed by atoms with Crippen LogP contribution in [-0.4, -0.2) is 19.0 Å². The molecule has 0 aromatic heterocycles. The van der Waals surface area contributed by atoms with Gasteiger partial charge in [-0.1, -0.05) is 55.0 Å². The maximum absolute atomic E-state index is 12.6. The van der Waals surface area contributed by atoms with Crippen LogP contribution in [-0.2, 0) is 10.2 Å². The van der Waals surface area contributed by atoms with Crippen molar-refractivity contribution in [2.75, 3.05) is 18.4 Å². The van der Waals surface area contributed by atoms with E-state index in [-0.39, 0.29) is 11.3 Å². The molecule has 23 heavy (non-hydrogen) atoms. The molecular weight excluding hydrogens is 284 g/mol. The summed E-state index contributed by atoms with van der Waals surface area (Å²) in [5.74, 6) is 0.190. The second-order valence-electron chi connectivity index (χ2n) is 6.20. The van der Waals surface area contributed by atoms with Gasteiger partial charge < -0.3 is 10.6 Å². The number of carbonyl (C=O) groups is 1. The molecule has 3 nitrogen and oxygen atoms in total. The predicted octanol–water partition coefficient (Wildman–Crippen LogP) is 3.73. The highest BCUT2D eigenvalue weighted by atomic mass is 16.2. The van der Waals surface area contributed by atoms with E-state index in [0.717, 1.165) is 43.5 Å². The molecule has 1 aliphatic carbocycles. The molecule has 2 N–H and O–H groups in total. The van der Waals surface area contributed by atoms with Gasteiger partial charge in [-0.25, -0.2) is 0 Å². The topological polar surface area (TPSA) is 41.1 Å². The van der Waals surface area contributed by atoms with Gasteiger partial charge in [0.25, 0.3) is 0 Å². The van der Waals surface area contributed by atoms with Crippen molar-refractivity contribution in [2.45, 2.75) is 31.1 Å². The van der Waals surface area contributed by atoms with Crippen LogP contribution in [0.4, 0.5) is 5.69 Å². The van der Waals surface area contributed by atoms with Crippen molar-refractivity contribution in [3.63, 3.8) is 0 Å². The molecular formula is C20H24N2O. The van der Waals surface area contributed by atoms with Crippen LogP contribution in [0.1, 0.15) is 31.2 Å². The van der Waals surface area contributed by atoms with Crippen LogP contribution in [0.15, 0.2) is 60.7 Å². The lowest BCUT2D eigenvalue weighted by Gasteiger charge is -2.40. The van der Waals surface area contributed by atoms with Crippen molar-refractivity contribution in [1.29, 1.82) is 0 Å². The number of amides is 1. The van der Waals surface area contributed by atoms with E-state index in [1.54, 1.807) is 0 Å². The van der Waals surface area contributed by atoms with Crippen molar-refractivity contribution in [3.8, 4) is 0 Å². The number of para-hydroxylation sites is 1. The highest BCUT2D eigenvalue weighted by Crippen LogP contribution is 2.43. The fraction of sp³-hybridized carbons (Fsp3) is 0.350. The summed E-state index contributed by atoms with van der Waals surface area (Å²) >= 11 is 0. The first-order valence-corrected chi connectivity index (χ1v) is 8.44. The maximum Gasteiger partial charge on any atom is 0.230 e. The molecule has 0 spiro atoms. The first-order valence-electron chi connectivity index (χ1n) is 8.44. The molecule has 0 bridgehead atoms. The second-order valence-corrected chi connectivity index (χ2v) is 6.20. The molecule has 3 heteroatoms. The third-order valence-corrected chi connectivity index (χ3v) is 4.71. The summed E-state index contributed by atoms with van der Waals surface area (Å²) in [7, 11) is 0. The Morgan fingerprint density at radius 3 is 2.17 bits per heavy atom. The van der Waals surface area contributed by atoms with Crippen LogP contribution >= 0.6 is 0 Å². The molecule has 2 aromatic carbocycles. The van der Waals surface area contributed by atoms with Crippen molar-refractivity contribution >= 4 is 11.6 Å². The lowest BCUT2D eigenvalue weighted by atomic mass is 9.64. The minimum absolute atomic E-state index is 0.190. The molecule has 0 heterocycles. The van der Waals surface area contributed by atoms with Crippen molar-refractivity contribution in [3.05, 3.63) is 66.2 Å². The van der Waals surface area contributed by atoms with Gasteiger partial charge in [-0.2, -0.15) is 0 Å². The van der Waals surface area contributed by atoms with Gasteiger partial charge in [0.1, 0.15) is 0 Å². The predicted molar refractivity (Wildman–Crippen MR) is 94.5 cm³/mol. The standard InChI is InChI=1S/C20H24N2O/c23-19(20(13-7-14-20)17-9-3-1-4-10-17)22-16-8-15-21-18-11-5-2-6-12-18/h1-6,9-12,21H,7-8,13-16H2,(H,22,23). The van der Waals surface area contributed by atoms with Crippen LogP contribution < -0.4 is 10.6 Å². The highest BCUT2D eigenvalue weighted by Gasteiger charge is 2.45. The molecule has 1 aliphatic rings. The fourth-order valence-electron chi connectivity index (χ4n) is 3.18. The van der Waals surface area contributed by atoms with E-state index in [0.29, 0.717) is 6.54 Å². The van der Waals surface area contributed by atoms with Gasteiger partial charge in [-0.3, -0.25) is 4.79 Å². The van der Waals surface area contributed by atoms with Gasteiger partial charge in [0.05, 0.1) is 5.41 Å². The minimum atomic E-state index is -0.284. The van der Waals surface area contributed by atoms with Crippen molar-refractivity contribution in [1.82, 2.24) is 5.32 Å². The van der Waals surface area contributed by atoms with Gasteiger partial charge in [-0.15, -0.1) is 0 Å². The molecule has 120 valence electrons. The first kappa shape index (κ1) is 15.6. The summed E-state index contributed by atoms with van der Waals surface area (Å²) in [6.07, 6.45) is 3.99. The normalized spacial score (nSPS) is 15.5. The minimum Gasteiger partial charge on any atom is -0.385 e. The Labute approximate surface area is 138 Å². The van der Waals surface area contributed by atoms with E-state index >= 15 is 0 Å². The molecule has 1 fully saturated rings. The smallest absolute Gasteiger partial charge is 0.230 e. The second kappa shape index (κ2) is 7.32. The molecule has 0 atom stereocenters. The first-order chi connectivity index (χ1) is 11.3. The van der Waals surface area contributed by atoms with Gasteiger partial charge in [-0.05, 0) is 37.0 Å². The fourth-order valence-corrected chi connectivity index (χ4v) is 3.18. The molecule has 1 saturated carbocycles. The zero-order valence-electron chi connectivity index (χ0n) is 13.4. The Bertz CT molecular complexity index is 621. The number of carbonyl (C=O) groups excluding carboxylic acids is 1. The van der Waals surface area contributed by atoms with Gasteiger partial charge in [0.2, 0.25) is 5.91 Å².